The van der Waals surface area contributed by atoms with Crippen molar-refractivity contribution >= 4 is 11.8 Å². The monoisotopic (exact) mass is 429 g/mol. The normalized spacial score (nSPS) is 29.3. The molecule has 2 aliphatic heterocycles. The lowest BCUT2D eigenvalue weighted by molar-refractivity contribution is -0.150. The van der Waals surface area contributed by atoms with Crippen molar-refractivity contribution in [1.29, 1.82) is 0 Å². The predicted molar refractivity (Wildman–Crippen MR) is 118 cm³/mol. The van der Waals surface area contributed by atoms with Gasteiger partial charge in [-0.1, -0.05) is 12.1 Å². The summed E-state index contributed by atoms with van der Waals surface area (Å²) in [6.45, 7) is 6.99. The maximum Gasteiger partial charge on any atom is 0.228 e. The lowest BCUT2D eigenvalue weighted by atomic mass is 9.61. The molecule has 1 aromatic carbocycles. The zero-order valence-corrected chi connectivity index (χ0v) is 18.5. The number of phenolic OH excluding ortho intramolecular Hbond substituents is 1. The maximum absolute atomic E-state index is 13.5. The van der Waals surface area contributed by atoms with Gasteiger partial charge in [-0.2, -0.15) is 0 Å². The van der Waals surface area contributed by atoms with Crippen LogP contribution in [-0.4, -0.2) is 78.7 Å². The fraction of sp³-hybridized carbons (Fsp3) is 0.667. The van der Waals surface area contributed by atoms with Gasteiger partial charge in [0.15, 0.2) is 0 Å². The van der Waals surface area contributed by atoms with Gasteiger partial charge in [-0.25, -0.2) is 0 Å². The average Bonchev–Trinajstić information content (AvgIpc) is 2.80. The molecule has 3 atom stereocenters. The van der Waals surface area contributed by atoms with Gasteiger partial charge in [0.05, 0.1) is 18.6 Å². The Bertz CT molecular complexity index is 778. The number of ether oxygens (including phenoxy) is 1. The third-order valence-corrected chi connectivity index (χ3v) is 7.58. The molecule has 2 heterocycles. The van der Waals surface area contributed by atoms with E-state index in [1.807, 2.05) is 17.0 Å². The van der Waals surface area contributed by atoms with Crippen LogP contribution in [0, 0.1) is 11.3 Å². The second-order valence-electron chi connectivity index (χ2n) is 9.33. The lowest BCUT2D eigenvalue weighted by Gasteiger charge is -2.53. The predicted octanol–water partition coefficient (Wildman–Crippen LogP) is 1.79. The van der Waals surface area contributed by atoms with Crippen molar-refractivity contribution in [3.63, 3.8) is 0 Å². The first-order valence-electron chi connectivity index (χ1n) is 11.6. The maximum atomic E-state index is 13.5. The van der Waals surface area contributed by atoms with Crippen LogP contribution >= 0.6 is 0 Å². The van der Waals surface area contributed by atoms with Gasteiger partial charge in [0, 0.05) is 45.7 Å². The number of amides is 2. The van der Waals surface area contributed by atoms with E-state index in [1.165, 1.54) is 0 Å². The Balaban J connectivity index is 1.43. The summed E-state index contributed by atoms with van der Waals surface area (Å²) in [5, 5.41) is 12.6. The summed E-state index contributed by atoms with van der Waals surface area (Å²) in [7, 11) is 0. The Hall–Kier alpha value is -2.12. The van der Waals surface area contributed by atoms with Crippen molar-refractivity contribution in [3.8, 4) is 5.75 Å². The minimum Gasteiger partial charge on any atom is -0.508 e. The summed E-state index contributed by atoms with van der Waals surface area (Å²) < 4.78 is 5.52. The molecule has 31 heavy (non-hydrogen) atoms. The van der Waals surface area contributed by atoms with Crippen LogP contribution in [0.25, 0.3) is 0 Å². The average molecular weight is 430 g/mol. The Morgan fingerprint density at radius 1 is 1.16 bits per heavy atom. The van der Waals surface area contributed by atoms with E-state index in [-0.39, 0.29) is 17.6 Å². The molecule has 3 aliphatic rings. The van der Waals surface area contributed by atoms with Crippen LogP contribution < -0.4 is 5.32 Å². The summed E-state index contributed by atoms with van der Waals surface area (Å²) in [6, 6.07) is 7.62. The molecular weight excluding hydrogens is 394 g/mol. The molecule has 4 rings (SSSR count). The highest BCUT2D eigenvalue weighted by atomic mass is 16.5. The topological polar surface area (TPSA) is 82.1 Å². The standard InChI is InChI=1S/C24H35N3O4/c1-18(28)27-11-8-20-16-21(26-12-14-31-15-13-26)6-9-24(20,17-27)23(30)25-10-7-19-2-4-22(29)5-3-19/h2-5,20-21,29H,6-17H2,1H3,(H,25,30)/t20-,21+,24-/m1/s1. The molecule has 1 saturated carbocycles. The smallest absolute Gasteiger partial charge is 0.228 e. The number of carbonyl (C=O) groups excluding carboxylic acids is 2. The number of piperidine rings is 1. The number of aromatic hydroxyl groups is 1. The molecule has 2 saturated heterocycles. The molecule has 2 amide bonds. The van der Waals surface area contributed by atoms with Crippen LogP contribution in [0.3, 0.4) is 0 Å². The molecule has 0 spiro atoms. The van der Waals surface area contributed by atoms with Crippen LogP contribution in [0.2, 0.25) is 0 Å². The largest absolute Gasteiger partial charge is 0.508 e. The van der Waals surface area contributed by atoms with E-state index in [0.717, 1.165) is 70.5 Å². The summed E-state index contributed by atoms with van der Waals surface area (Å²) in [5.74, 6) is 0.712. The highest BCUT2D eigenvalue weighted by Crippen LogP contribution is 2.48. The van der Waals surface area contributed by atoms with Gasteiger partial charge in [0.25, 0.3) is 0 Å². The summed E-state index contributed by atoms with van der Waals surface area (Å²) >= 11 is 0. The molecule has 0 aromatic heterocycles. The second kappa shape index (κ2) is 9.57. The summed E-state index contributed by atoms with van der Waals surface area (Å²) in [4.78, 5) is 30.1. The van der Waals surface area contributed by atoms with E-state index in [4.69, 9.17) is 4.74 Å². The number of morpholine rings is 1. The van der Waals surface area contributed by atoms with Crippen molar-refractivity contribution in [2.45, 2.75) is 45.1 Å². The number of phenols is 1. The number of fused-ring (bicyclic) bond motifs is 1. The van der Waals surface area contributed by atoms with Crippen LogP contribution in [0.1, 0.15) is 38.2 Å². The van der Waals surface area contributed by atoms with Crippen molar-refractivity contribution in [3.05, 3.63) is 29.8 Å². The number of nitrogens with one attached hydrogen (secondary N) is 1. The Labute approximate surface area is 184 Å². The number of hydrogen-bond donors (Lipinski definition) is 2. The van der Waals surface area contributed by atoms with E-state index in [1.54, 1.807) is 19.1 Å². The van der Waals surface area contributed by atoms with Crippen molar-refractivity contribution in [1.82, 2.24) is 15.1 Å². The Kier molecular flexibility index (Phi) is 6.82. The molecule has 2 N–H and O–H groups in total. The zero-order chi connectivity index (χ0) is 21.8. The molecule has 0 unspecified atom stereocenters. The van der Waals surface area contributed by atoms with Gasteiger partial charge in [-0.05, 0) is 55.7 Å². The number of hydrogen-bond acceptors (Lipinski definition) is 5. The van der Waals surface area contributed by atoms with E-state index in [2.05, 4.69) is 10.2 Å². The van der Waals surface area contributed by atoms with Crippen molar-refractivity contribution in [2.24, 2.45) is 11.3 Å². The van der Waals surface area contributed by atoms with Crippen LogP contribution in [-0.2, 0) is 20.7 Å². The molecule has 7 nitrogen and oxygen atoms in total. The number of benzene rings is 1. The summed E-state index contributed by atoms with van der Waals surface area (Å²) in [6.07, 6.45) is 4.46. The van der Waals surface area contributed by atoms with E-state index >= 15 is 0 Å². The number of nitrogens with zero attached hydrogens (tertiary/aromatic N) is 2. The summed E-state index contributed by atoms with van der Waals surface area (Å²) in [5.41, 5.74) is 0.596. The van der Waals surface area contributed by atoms with Crippen molar-refractivity contribution in [2.75, 3.05) is 45.9 Å². The molecule has 3 fully saturated rings. The first-order chi connectivity index (χ1) is 15.0. The zero-order valence-electron chi connectivity index (χ0n) is 18.5. The van der Waals surface area contributed by atoms with Gasteiger partial charge < -0.3 is 20.1 Å². The fourth-order valence-electron chi connectivity index (χ4n) is 5.71. The highest BCUT2D eigenvalue weighted by Gasteiger charge is 2.52. The molecule has 170 valence electrons. The van der Waals surface area contributed by atoms with Gasteiger partial charge in [-0.3, -0.25) is 14.5 Å². The number of carbonyl (C=O) groups is 2. The quantitative estimate of drug-likeness (QED) is 0.746. The van der Waals surface area contributed by atoms with Gasteiger partial charge in [-0.15, -0.1) is 0 Å². The van der Waals surface area contributed by atoms with Crippen LogP contribution in [0.15, 0.2) is 24.3 Å². The first kappa shape index (κ1) is 22.1. The molecule has 0 radical (unpaired) electrons. The Morgan fingerprint density at radius 3 is 2.61 bits per heavy atom. The first-order valence-corrected chi connectivity index (χ1v) is 11.6. The van der Waals surface area contributed by atoms with Gasteiger partial charge >= 0.3 is 0 Å². The van der Waals surface area contributed by atoms with E-state index < -0.39 is 5.41 Å². The van der Waals surface area contributed by atoms with Gasteiger partial charge in [0.2, 0.25) is 11.8 Å². The molecule has 1 aromatic rings. The SMILES string of the molecule is CC(=O)N1CC[C@@H]2C[C@@H](N3CCOCC3)CC[C@@]2(C(=O)NCCc2ccc(O)cc2)C1. The van der Waals surface area contributed by atoms with Gasteiger partial charge in [0.1, 0.15) is 5.75 Å². The number of rotatable bonds is 5. The highest BCUT2D eigenvalue weighted by molar-refractivity contribution is 5.85. The van der Waals surface area contributed by atoms with Crippen LogP contribution in [0.5, 0.6) is 5.75 Å². The minimum atomic E-state index is -0.484. The number of likely N-dealkylation sites (tertiary alicyclic amines) is 1. The van der Waals surface area contributed by atoms with Crippen LogP contribution in [0.4, 0.5) is 0 Å². The molecule has 1 aliphatic carbocycles. The third kappa shape index (κ3) is 4.88. The minimum absolute atomic E-state index is 0.0602. The Morgan fingerprint density at radius 2 is 1.90 bits per heavy atom. The molecule has 0 bridgehead atoms. The third-order valence-electron chi connectivity index (χ3n) is 7.58. The molecular formula is C24H35N3O4. The fourth-order valence-corrected chi connectivity index (χ4v) is 5.71. The van der Waals surface area contributed by atoms with E-state index in [9.17, 15) is 14.7 Å². The van der Waals surface area contributed by atoms with Crippen molar-refractivity contribution < 1.29 is 19.4 Å². The second-order valence-corrected chi connectivity index (χ2v) is 9.33. The van der Waals surface area contributed by atoms with E-state index in [0.29, 0.717) is 25.0 Å². The lowest BCUT2D eigenvalue weighted by Crippen LogP contribution is -2.61. The molecule has 7 heteroatoms.